The average molecular weight is 531 g/mol. The number of rotatable bonds is 13. The van der Waals surface area contributed by atoms with Crippen LogP contribution in [0, 0.1) is 40.4 Å². The van der Waals surface area contributed by atoms with Gasteiger partial charge >= 0.3 is 5.97 Å². The first-order valence-corrected chi connectivity index (χ1v) is 15.4. The van der Waals surface area contributed by atoms with Crippen LogP contribution in [-0.4, -0.2) is 57.8 Å². The standard InChI is InChI=1S/C31H54N4O3/c1-21(6-9-28(37)38-4)24-7-8-25-29-26(11-13-31(24,25)3)30(2)12-10-23(18-22(30)19-27(29)36)35-17-16-33-14-5-15-34-20-32/h22-26,29,33-35H,1,5-20,32H2,2-4H3/t22?,23-,24+,25?,26?,29?,30-,31+/m0/s1. The van der Waals surface area contributed by atoms with Crippen LogP contribution in [0.5, 0.6) is 0 Å². The molecule has 0 aromatic rings. The van der Waals surface area contributed by atoms with E-state index >= 15 is 0 Å². The van der Waals surface area contributed by atoms with E-state index in [0.717, 1.165) is 64.7 Å². The Morgan fingerprint density at radius 1 is 1.00 bits per heavy atom. The fraction of sp³-hybridized carbons (Fsp3) is 0.871. The first-order valence-electron chi connectivity index (χ1n) is 15.4. The SMILES string of the molecule is C=C(CCC(=O)OC)[C@H]1CCC2C3C(=O)CC4C[C@@H](NCCNCCCNCN)CC[C@]4(C)C3CC[C@@]21C. The van der Waals surface area contributed by atoms with Crippen molar-refractivity contribution in [2.24, 2.45) is 46.2 Å². The maximum Gasteiger partial charge on any atom is 0.305 e. The van der Waals surface area contributed by atoms with Crippen LogP contribution in [0.15, 0.2) is 12.2 Å². The predicted octanol–water partition coefficient (Wildman–Crippen LogP) is 3.78. The van der Waals surface area contributed by atoms with E-state index in [1.165, 1.54) is 31.9 Å². The van der Waals surface area contributed by atoms with Gasteiger partial charge in [0.25, 0.3) is 0 Å². The average Bonchev–Trinajstić information content (AvgIpc) is 3.26. The lowest BCUT2D eigenvalue weighted by Gasteiger charge is -2.60. The van der Waals surface area contributed by atoms with Crippen molar-refractivity contribution in [1.29, 1.82) is 0 Å². The number of fused-ring (bicyclic) bond motifs is 5. The Bertz CT molecular complexity index is 849. The maximum absolute atomic E-state index is 13.8. The molecule has 4 aliphatic carbocycles. The minimum atomic E-state index is -0.159. The molecule has 0 saturated heterocycles. The Morgan fingerprint density at radius 3 is 2.50 bits per heavy atom. The Hall–Kier alpha value is -1.28. The summed E-state index contributed by atoms with van der Waals surface area (Å²) >= 11 is 0. The van der Waals surface area contributed by atoms with Gasteiger partial charge in [-0.3, -0.25) is 9.59 Å². The number of Topliss-reactive ketones (excluding diaryl/α,β-unsaturated/α-hetero) is 1. The second-order valence-electron chi connectivity index (χ2n) is 13.3. The molecular weight excluding hydrogens is 476 g/mol. The third-order valence-electron chi connectivity index (χ3n) is 11.4. The number of hydrogen-bond acceptors (Lipinski definition) is 7. The fourth-order valence-electron chi connectivity index (χ4n) is 9.26. The summed E-state index contributed by atoms with van der Waals surface area (Å²) in [5, 5.41) is 10.5. The lowest BCUT2D eigenvalue weighted by atomic mass is 9.44. The van der Waals surface area contributed by atoms with Crippen LogP contribution in [0.2, 0.25) is 0 Å². The van der Waals surface area contributed by atoms with Crippen molar-refractivity contribution in [1.82, 2.24) is 16.0 Å². The normalized spacial score (nSPS) is 38.3. The largest absolute Gasteiger partial charge is 0.469 e. The summed E-state index contributed by atoms with van der Waals surface area (Å²) in [6.45, 7) is 13.9. The fourth-order valence-corrected chi connectivity index (χ4v) is 9.26. The zero-order valence-electron chi connectivity index (χ0n) is 24.3. The van der Waals surface area contributed by atoms with Crippen LogP contribution in [-0.2, 0) is 14.3 Å². The minimum absolute atomic E-state index is 0.138. The van der Waals surface area contributed by atoms with E-state index in [-0.39, 0.29) is 22.7 Å². The monoisotopic (exact) mass is 530 g/mol. The van der Waals surface area contributed by atoms with Crippen molar-refractivity contribution in [3.8, 4) is 0 Å². The van der Waals surface area contributed by atoms with Gasteiger partial charge < -0.3 is 26.4 Å². The number of nitrogens with two attached hydrogens (primary N) is 1. The minimum Gasteiger partial charge on any atom is -0.469 e. The number of esters is 1. The molecule has 0 bridgehead atoms. The summed E-state index contributed by atoms with van der Waals surface area (Å²) in [5.74, 6) is 2.52. The Morgan fingerprint density at radius 2 is 1.74 bits per heavy atom. The Balaban J connectivity index is 1.32. The predicted molar refractivity (Wildman–Crippen MR) is 152 cm³/mol. The van der Waals surface area contributed by atoms with Crippen LogP contribution < -0.4 is 21.7 Å². The molecule has 4 fully saturated rings. The maximum atomic E-state index is 13.8. The van der Waals surface area contributed by atoms with Crippen molar-refractivity contribution < 1.29 is 14.3 Å². The summed E-state index contributed by atoms with van der Waals surface area (Å²) in [7, 11) is 1.45. The quantitative estimate of drug-likeness (QED) is 0.124. The summed E-state index contributed by atoms with van der Waals surface area (Å²) in [4.78, 5) is 25.6. The number of allylic oxidation sites excluding steroid dienone is 1. The molecule has 7 nitrogen and oxygen atoms in total. The van der Waals surface area contributed by atoms with Gasteiger partial charge in [0.15, 0.2) is 0 Å². The van der Waals surface area contributed by atoms with E-state index in [1.807, 2.05) is 0 Å². The van der Waals surface area contributed by atoms with Gasteiger partial charge in [-0.1, -0.05) is 26.0 Å². The number of methoxy groups -OCH3 is 1. The number of nitrogens with one attached hydrogen (secondary N) is 3. The van der Waals surface area contributed by atoms with E-state index < -0.39 is 0 Å². The highest BCUT2D eigenvalue weighted by Crippen LogP contribution is 2.67. The third kappa shape index (κ3) is 6.06. The zero-order chi connectivity index (χ0) is 27.3. The number of carbonyl (C=O) groups excluding carboxylic acids is 2. The van der Waals surface area contributed by atoms with E-state index in [9.17, 15) is 9.59 Å². The van der Waals surface area contributed by atoms with Gasteiger partial charge in [0.05, 0.1) is 7.11 Å². The third-order valence-corrected chi connectivity index (χ3v) is 11.4. The number of hydrogen-bond donors (Lipinski definition) is 4. The first kappa shape index (κ1) is 29.7. The van der Waals surface area contributed by atoms with E-state index in [2.05, 4.69) is 36.4 Å². The van der Waals surface area contributed by atoms with E-state index in [0.29, 0.717) is 55.0 Å². The molecule has 4 aliphatic rings. The topological polar surface area (TPSA) is 105 Å². The molecule has 0 radical (unpaired) electrons. The van der Waals surface area contributed by atoms with Crippen LogP contribution >= 0.6 is 0 Å². The summed E-state index contributed by atoms with van der Waals surface area (Å²) < 4.78 is 4.86. The lowest BCUT2D eigenvalue weighted by molar-refractivity contribution is -0.156. The molecule has 38 heavy (non-hydrogen) atoms. The van der Waals surface area contributed by atoms with Crippen molar-refractivity contribution in [3.63, 3.8) is 0 Å². The molecule has 0 aromatic carbocycles. The smallest absolute Gasteiger partial charge is 0.305 e. The van der Waals surface area contributed by atoms with Gasteiger partial charge in [0, 0.05) is 44.6 Å². The number of ketones is 1. The molecule has 216 valence electrons. The van der Waals surface area contributed by atoms with Gasteiger partial charge in [-0.15, -0.1) is 0 Å². The van der Waals surface area contributed by atoms with Gasteiger partial charge in [-0.2, -0.15) is 0 Å². The molecule has 4 saturated carbocycles. The van der Waals surface area contributed by atoms with Crippen molar-refractivity contribution in [3.05, 3.63) is 12.2 Å². The van der Waals surface area contributed by atoms with Crippen LogP contribution in [0.3, 0.4) is 0 Å². The number of carbonyl (C=O) groups is 2. The second-order valence-corrected chi connectivity index (χ2v) is 13.3. The molecule has 4 unspecified atom stereocenters. The summed E-state index contributed by atoms with van der Waals surface area (Å²) in [5.41, 5.74) is 7.08. The van der Waals surface area contributed by atoms with Crippen LogP contribution in [0.1, 0.15) is 84.5 Å². The van der Waals surface area contributed by atoms with Crippen LogP contribution in [0.4, 0.5) is 0 Å². The van der Waals surface area contributed by atoms with Crippen LogP contribution in [0.25, 0.3) is 0 Å². The molecule has 4 rings (SSSR count). The van der Waals surface area contributed by atoms with E-state index in [4.69, 9.17) is 10.5 Å². The highest BCUT2D eigenvalue weighted by atomic mass is 16.5. The van der Waals surface area contributed by atoms with Crippen molar-refractivity contribution in [2.75, 3.05) is 40.0 Å². The van der Waals surface area contributed by atoms with Gasteiger partial charge in [-0.25, -0.2) is 0 Å². The van der Waals surface area contributed by atoms with Crippen molar-refractivity contribution >= 4 is 11.8 Å². The lowest BCUT2D eigenvalue weighted by Crippen LogP contribution is -2.58. The highest BCUT2D eigenvalue weighted by Gasteiger charge is 2.62. The first-order chi connectivity index (χ1) is 18.2. The zero-order valence-corrected chi connectivity index (χ0v) is 24.3. The molecule has 7 heteroatoms. The number of ether oxygens (including phenoxy) is 1. The highest BCUT2D eigenvalue weighted by molar-refractivity contribution is 5.83. The molecule has 0 aliphatic heterocycles. The molecule has 0 amide bonds. The molecule has 0 spiro atoms. The molecule has 0 heterocycles. The van der Waals surface area contributed by atoms with Gasteiger partial charge in [0.2, 0.25) is 0 Å². The molecular formula is C31H54N4O3. The van der Waals surface area contributed by atoms with Crippen molar-refractivity contribution in [2.45, 2.75) is 90.5 Å². The molecule has 8 atom stereocenters. The second kappa shape index (κ2) is 12.9. The molecule has 5 N–H and O–H groups in total. The Kier molecular flexibility index (Phi) is 10.1. The van der Waals surface area contributed by atoms with Gasteiger partial charge in [-0.05, 0) is 105 Å². The summed E-state index contributed by atoms with van der Waals surface area (Å²) in [6, 6.07) is 0.529. The van der Waals surface area contributed by atoms with Gasteiger partial charge in [0.1, 0.15) is 5.78 Å². The van der Waals surface area contributed by atoms with E-state index in [1.54, 1.807) is 0 Å². The molecule has 0 aromatic heterocycles. The Labute approximate surface area is 230 Å². The summed E-state index contributed by atoms with van der Waals surface area (Å²) in [6.07, 6.45) is 11.2.